The molecule has 0 aliphatic carbocycles. The molecule has 8 nitrogen and oxygen atoms in total. The average Bonchev–Trinajstić information content (AvgIpc) is 2.97. The number of ketones is 1. The fourth-order valence-corrected chi connectivity index (χ4v) is 2.30. The molecule has 0 unspecified atom stereocenters. The number of hydrogen-bond donors (Lipinski definition) is 3. The van der Waals surface area contributed by atoms with Gasteiger partial charge in [-0.15, -0.1) is 0 Å². The van der Waals surface area contributed by atoms with Gasteiger partial charge in [-0.3, -0.25) is 9.89 Å². The monoisotopic (exact) mass is 281 g/mol. The zero-order valence-corrected chi connectivity index (χ0v) is 10.8. The lowest BCUT2D eigenvalue weighted by Gasteiger charge is -1.98. The molecule has 2 aromatic heterocycles. The number of nitrogens with zero attached hydrogens (tertiary/aromatic N) is 3. The molecule has 3 N–H and O–H groups in total. The summed E-state index contributed by atoms with van der Waals surface area (Å²) in [6, 6.07) is 0. The van der Waals surface area contributed by atoms with Crippen molar-refractivity contribution >= 4 is 28.2 Å². The summed E-state index contributed by atoms with van der Waals surface area (Å²) in [5, 5.41) is 18.7. The Hall–Kier alpha value is -2.29. The van der Waals surface area contributed by atoms with Crippen LogP contribution in [0, 0.1) is 0 Å². The Balaban J connectivity index is 2.02. The van der Waals surface area contributed by atoms with Crippen LogP contribution in [0.4, 0.5) is 5.13 Å². The summed E-state index contributed by atoms with van der Waals surface area (Å²) in [7, 11) is 0. The first-order valence-corrected chi connectivity index (χ1v) is 6.22. The highest BCUT2D eigenvalue weighted by Crippen LogP contribution is 2.23. The van der Waals surface area contributed by atoms with E-state index in [1.165, 1.54) is 13.3 Å². The first-order chi connectivity index (χ1) is 9.08. The lowest BCUT2D eigenvalue weighted by Crippen LogP contribution is -2.07. The Kier molecular flexibility index (Phi) is 3.85. The number of thiazole rings is 1. The smallest absolute Gasteiger partial charge is 0.356 e. The van der Waals surface area contributed by atoms with Crippen molar-refractivity contribution in [1.82, 2.24) is 20.2 Å². The van der Waals surface area contributed by atoms with Crippen molar-refractivity contribution in [3.05, 3.63) is 22.7 Å². The van der Waals surface area contributed by atoms with Gasteiger partial charge in [-0.25, -0.2) is 14.8 Å². The Morgan fingerprint density at radius 2 is 2.32 bits per heavy atom. The molecule has 0 aliphatic rings. The summed E-state index contributed by atoms with van der Waals surface area (Å²) < 4.78 is 0. The number of carboxylic acid groups (broad SMARTS) is 1. The van der Waals surface area contributed by atoms with Crippen LogP contribution in [0.3, 0.4) is 0 Å². The first kappa shape index (κ1) is 13.1. The third kappa shape index (κ3) is 3.13. The van der Waals surface area contributed by atoms with Gasteiger partial charge in [0.2, 0.25) is 0 Å². The molecule has 0 atom stereocenters. The van der Waals surface area contributed by atoms with Crippen molar-refractivity contribution in [2.75, 3.05) is 11.9 Å². The maximum Gasteiger partial charge on any atom is 0.356 e. The molecule has 19 heavy (non-hydrogen) atoms. The van der Waals surface area contributed by atoms with Gasteiger partial charge in [0.25, 0.3) is 0 Å². The molecule has 2 heterocycles. The minimum absolute atomic E-state index is 0.148. The fraction of sp³-hybridized carbons (Fsp3) is 0.300. The van der Waals surface area contributed by atoms with E-state index in [2.05, 4.69) is 25.5 Å². The van der Waals surface area contributed by atoms with Gasteiger partial charge in [-0.1, -0.05) is 11.3 Å². The summed E-state index contributed by atoms with van der Waals surface area (Å²) >= 11 is 1.03. The number of nitrogens with one attached hydrogen (secondary N) is 2. The molecule has 0 spiro atoms. The molecule has 0 aliphatic heterocycles. The van der Waals surface area contributed by atoms with E-state index in [9.17, 15) is 9.59 Å². The second kappa shape index (κ2) is 5.57. The number of carbonyl (C=O) groups excluding carboxylic acids is 1. The number of carboxylic acids is 1. The molecule has 0 saturated heterocycles. The average molecular weight is 281 g/mol. The van der Waals surface area contributed by atoms with Gasteiger partial charge in [0.15, 0.2) is 16.6 Å². The lowest BCUT2D eigenvalue weighted by molar-refractivity contribution is 0.0687. The Bertz CT molecular complexity index is 561. The van der Waals surface area contributed by atoms with Crippen molar-refractivity contribution in [3.63, 3.8) is 0 Å². The molecule has 2 aromatic rings. The van der Waals surface area contributed by atoms with Crippen LogP contribution in [-0.2, 0) is 6.42 Å². The van der Waals surface area contributed by atoms with Gasteiger partial charge in [0.05, 0.1) is 0 Å². The summed E-state index contributed by atoms with van der Waals surface area (Å²) in [5.74, 6) is -0.794. The minimum atomic E-state index is -1.20. The van der Waals surface area contributed by atoms with E-state index in [1.807, 2.05) is 0 Å². The van der Waals surface area contributed by atoms with Crippen LogP contribution >= 0.6 is 11.3 Å². The van der Waals surface area contributed by atoms with Crippen molar-refractivity contribution < 1.29 is 14.7 Å². The number of hydrogen-bond acceptors (Lipinski definition) is 7. The molecule has 100 valence electrons. The maximum absolute atomic E-state index is 11.3. The van der Waals surface area contributed by atoms with Crippen molar-refractivity contribution in [2.45, 2.75) is 13.3 Å². The summed E-state index contributed by atoms with van der Waals surface area (Å²) in [6.07, 6.45) is 2.01. The highest BCUT2D eigenvalue weighted by molar-refractivity contribution is 7.17. The fourth-order valence-electron chi connectivity index (χ4n) is 1.42. The van der Waals surface area contributed by atoms with Crippen LogP contribution in [-0.4, -0.2) is 43.6 Å². The number of rotatable bonds is 6. The number of aromatic amines is 1. The third-order valence-corrected chi connectivity index (χ3v) is 3.37. The topological polar surface area (TPSA) is 121 Å². The normalized spacial score (nSPS) is 10.4. The number of aromatic nitrogens is 4. The molecule has 0 fully saturated rings. The van der Waals surface area contributed by atoms with Gasteiger partial charge in [0.1, 0.15) is 17.0 Å². The van der Waals surface area contributed by atoms with Crippen molar-refractivity contribution in [2.24, 2.45) is 0 Å². The summed E-state index contributed by atoms with van der Waals surface area (Å²) in [5.41, 5.74) is -0.209. The van der Waals surface area contributed by atoms with E-state index < -0.39 is 5.97 Å². The number of Topliss-reactive ketones (excluding diaryl/α,β-unsaturated/α-hetero) is 1. The first-order valence-electron chi connectivity index (χ1n) is 5.41. The Morgan fingerprint density at radius 3 is 2.84 bits per heavy atom. The van der Waals surface area contributed by atoms with Crippen LogP contribution in [0.5, 0.6) is 0 Å². The summed E-state index contributed by atoms with van der Waals surface area (Å²) in [4.78, 5) is 30.2. The number of carbonyl (C=O) groups is 2. The molecule has 9 heteroatoms. The predicted octanol–water partition coefficient (Wildman–Crippen LogP) is 0.817. The molecule has 0 aromatic carbocycles. The largest absolute Gasteiger partial charge is 0.476 e. The van der Waals surface area contributed by atoms with E-state index in [1.54, 1.807) is 0 Å². The van der Waals surface area contributed by atoms with Crippen LogP contribution in [0.15, 0.2) is 6.33 Å². The zero-order chi connectivity index (χ0) is 13.8. The second-order valence-electron chi connectivity index (χ2n) is 3.67. The SMILES string of the molecule is CC(=O)c1sc(NCCc2ncn[nH]2)nc1C(=O)O. The number of H-pyrrole nitrogens is 1. The molecule has 0 radical (unpaired) electrons. The van der Waals surface area contributed by atoms with Gasteiger partial charge >= 0.3 is 5.97 Å². The Morgan fingerprint density at radius 1 is 1.53 bits per heavy atom. The van der Waals surface area contributed by atoms with Crippen LogP contribution in [0.1, 0.15) is 32.9 Å². The second-order valence-corrected chi connectivity index (χ2v) is 4.67. The van der Waals surface area contributed by atoms with E-state index in [4.69, 9.17) is 5.11 Å². The lowest BCUT2D eigenvalue weighted by atomic mass is 10.3. The van der Waals surface area contributed by atoms with E-state index in [0.717, 1.165) is 11.3 Å². The van der Waals surface area contributed by atoms with Gasteiger partial charge in [0, 0.05) is 19.9 Å². The van der Waals surface area contributed by atoms with Crippen LogP contribution in [0.2, 0.25) is 0 Å². The predicted molar refractivity (Wildman–Crippen MR) is 67.7 cm³/mol. The van der Waals surface area contributed by atoms with E-state index in [0.29, 0.717) is 23.9 Å². The third-order valence-electron chi connectivity index (χ3n) is 2.25. The highest BCUT2D eigenvalue weighted by atomic mass is 32.1. The number of aromatic carboxylic acids is 1. The minimum Gasteiger partial charge on any atom is -0.476 e. The van der Waals surface area contributed by atoms with Gasteiger partial charge < -0.3 is 10.4 Å². The number of anilines is 1. The quantitative estimate of drug-likeness (QED) is 0.670. The van der Waals surface area contributed by atoms with Gasteiger partial charge in [-0.05, 0) is 0 Å². The molecular formula is C10H11N5O3S. The highest BCUT2D eigenvalue weighted by Gasteiger charge is 2.20. The van der Waals surface area contributed by atoms with Crippen molar-refractivity contribution in [3.8, 4) is 0 Å². The molecule has 0 saturated carbocycles. The van der Waals surface area contributed by atoms with E-state index >= 15 is 0 Å². The Labute approximate surface area is 111 Å². The van der Waals surface area contributed by atoms with Gasteiger partial charge in [-0.2, -0.15) is 5.10 Å². The van der Waals surface area contributed by atoms with E-state index in [-0.39, 0.29) is 16.4 Å². The van der Waals surface area contributed by atoms with Crippen LogP contribution in [0.25, 0.3) is 0 Å². The van der Waals surface area contributed by atoms with Crippen molar-refractivity contribution in [1.29, 1.82) is 0 Å². The summed E-state index contributed by atoms with van der Waals surface area (Å²) in [6.45, 7) is 1.83. The molecule has 2 rings (SSSR count). The standard InChI is InChI=1S/C10H11N5O3S/c1-5(16)8-7(9(17)18)14-10(19-8)11-3-2-6-12-4-13-15-6/h4H,2-3H2,1H3,(H,11,14)(H,17,18)(H,12,13,15). The van der Waals surface area contributed by atoms with Crippen LogP contribution < -0.4 is 5.32 Å². The molecular weight excluding hydrogens is 270 g/mol. The molecule has 0 bridgehead atoms. The maximum atomic E-state index is 11.3. The molecule has 0 amide bonds. The zero-order valence-electron chi connectivity index (χ0n) is 10.0.